The molecule has 0 unspecified atom stereocenters. The Morgan fingerprint density at radius 3 is 2.36 bits per heavy atom. The molecule has 0 bridgehead atoms. The highest BCUT2D eigenvalue weighted by atomic mass is 35.5. The van der Waals surface area contributed by atoms with Gasteiger partial charge in [0.25, 0.3) is 0 Å². The second-order valence-electron chi connectivity index (χ2n) is 4.95. The molecule has 1 aromatic carbocycles. The van der Waals surface area contributed by atoms with Crippen LogP contribution in [0, 0.1) is 17.2 Å². The van der Waals surface area contributed by atoms with Crippen LogP contribution >= 0.6 is 11.6 Å². The van der Waals surface area contributed by atoms with E-state index in [1.807, 2.05) is 0 Å². The number of alkyl halides is 3. The van der Waals surface area contributed by atoms with Gasteiger partial charge in [0, 0.05) is 19.0 Å². The van der Waals surface area contributed by atoms with Gasteiger partial charge in [0.1, 0.15) is 0 Å². The number of piperidine rings is 1. The van der Waals surface area contributed by atoms with E-state index in [9.17, 15) is 21.6 Å². The molecule has 1 aromatic rings. The zero-order chi connectivity index (χ0) is 16.5. The van der Waals surface area contributed by atoms with Crippen molar-refractivity contribution < 1.29 is 21.6 Å². The molecule has 120 valence electrons. The molecule has 0 radical (unpaired) electrons. The van der Waals surface area contributed by atoms with Gasteiger partial charge in [-0.05, 0) is 31.0 Å². The number of sulfonamides is 1. The lowest BCUT2D eigenvalue weighted by molar-refractivity contribution is -0.137. The molecule has 2 rings (SSSR count). The number of hydrogen-bond acceptors (Lipinski definition) is 3. The maximum Gasteiger partial charge on any atom is 0.417 e. The third-order valence-electron chi connectivity index (χ3n) is 3.52. The minimum atomic E-state index is -4.73. The van der Waals surface area contributed by atoms with Crippen LogP contribution in [0.4, 0.5) is 13.2 Å². The number of nitriles is 1. The SMILES string of the molecule is N#CC1CCN(S(=O)(=O)c2ccc(Cl)c(C(F)(F)F)c2)CC1. The molecular formula is C13H12ClF3N2O2S. The Hall–Kier alpha value is -1.30. The average molecular weight is 353 g/mol. The largest absolute Gasteiger partial charge is 0.417 e. The van der Waals surface area contributed by atoms with Crippen LogP contribution in [0.25, 0.3) is 0 Å². The van der Waals surface area contributed by atoms with Crippen LogP contribution in [-0.4, -0.2) is 25.8 Å². The van der Waals surface area contributed by atoms with Crippen LogP contribution in [0.1, 0.15) is 18.4 Å². The van der Waals surface area contributed by atoms with Crippen molar-refractivity contribution in [2.24, 2.45) is 5.92 Å². The van der Waals surface area contributed by atoms with Crippen molar-refractivity contribution in [3.8, 4) is 6.07 Å². The normalized spacial score (nSPS) is 18.1. The predicted molar refractivity (Wildman–Crippen MR) is 73.5 cm³/mol. The van der Waals surface area contributed by atoms with Gasteiger partial charge in [0.05, 0.1) is 21.6 Å². The smallest absolute Gasteiger partial charge is 0.207 e. The summed E-state index contributed by atoms with van der Waals surface area (Å²) in [7, 11) is -4.03. The summed E-state index contributed by atoms with van der Waals surface area (Å²) in [6.07, 6.45) is -3.98. The maximum atomic E-state index is 12.8. The van der Waals surface area contributed by atoms with E-state index in [-0.39, 0.29) is 19.0 Å². The lowest BCUT2D eigenvalue weighted by Crippen LogP contribution is -2.38. The third kappa shape index (κ3) is 3.37. The lowest BCUT2D eigenvalue weighted by Gasteiger charge is -2.28. The monoisotopic (exact) mass is 352 g/mol. The summed E-state index contributed by atoms with van der Waals surface area (Å²) in [5, 5.41) is 8.25. The van der Waals surface area contributed by atoms with Crippen LogP contribution in [0.5, 0.6) is 0 Å². The number of halogens is 4. The Kier molecular flexibility index (Phi) is 4.70. The van der Waals surface area contributed by atoms with E-state index in [4.69, 9.17) is 16.9 Å². The highest BCUT2D eigenvalue weighted by Gasteiger charge is 2.36. The molecule has 0 spiro atoms. The quantitative estimate of drug-likeness (QED) is 0.820. The summed E-state index contributed by atoms with van der Waals surface area (Å²) in [6.45, 7) is 0.231. The first-order valence-electron chi connectivity index (χ1n) is 6.43. The molecule has 0 atom stereocenters. The van der Waals surface area contributed by atoms with E-state index in [0.29, 0.717) is 18.9 Å². The zero-order valence-corrected chi connectivity index (χ0v) is 12.8. The molecule has 0 aliphatic carbocycles. The fourth-order valence-corrected chi connectivity index (χ4v) is 3.98. The molecule has 0 aromatic heterocycles. The van der Waals surface area contributed by atoms with E-state index in [1.165, 1.54) is 0 Å². The molecule has 1 fully saturated rings. The highest BCUT2D eigenvalue weighted by molar-refractivity contribution is 7.89. The number of hydrogen-bond donors (Lipinski definition) is 0. The molecule has 1 heterocycles. The van der Waals surface area contributed by atoms with Crippen molar-refractivity contribution in [1.29, 1.82) is 5.26 Å². The van der Waals surface area contributed by atoms with Crippen molar-refractivity contribution in [2.45, 2.75) is 23.9 Å². The molecule has 0 amide bonds. The van der Waals surface area contributed by atoms with Crippen LogP contribution < -0.4 is 0 Å². The minimum Gasteiger partial charge on any atom is -0.207 e. The van der Waals surface area contributed by atoms with Crippen LogP contribution in [0.3, 0.4) is 0 Å². The van der Waals surface area contributed by atoms with Gasteiger partial charge < -0.3 is 0 Å². The first kappa shape index (κ1) is 17.1. The molecule has 0 saturated carbocycles. The van der Waals surface area contributed by atoms with Crippen LogP contribution in [0.2, 0.25) is 5.02 Å². The molecular weight excluding hydrogens is 341 g/mol. The summed E-state index contributed by atoms with van der Waals surface area (Å²) in [4.78, 5) is -0.445. The van der Waals surface area contributed by atoms with E-state index >= 15 is 0 Å². The van der Waals surface area contributed by atoms with E-state index in [1.54, 1.807) is 0 Å². The number of rotatable bonds is 2. The molecule has 0 N–H and O–H groups in total. The lowest BCUT2D eigenvalue weighted by atomic mass is 10.0. The summed E-state index contributed by atoms with van der Waals surface area (Å²) in [5.74, 6) is -0.220. The van der Waals surface area contributed by atoms with E-state index in [0.717, 1.165) is 16.4 Å². The third-order valence-corrected chi connectivity index (χ3v) is 5.74. The maximum absolute atomic E-state index is 12.8. The molecule has 9 heteroatoms. The Morgan fingerprint density at radius 2 is 1.86 bits per heavy atom. The van der Waals surface area contributed by atoms with Crippen molar-refractivity contribution in [3.05, 3.63) is 28.8 Å². The number of nitrogens with zero attached hydrogens (tertiary/aromatic N) is 2. The second-order valence-corrected chi connectivity index (χ2v) is 7.29. The molecule has 4 nitrogen and oxygen atoms in total. The van der Waals surface area contributed by atoms with Gasteiger partial charge in [0.2, 0.25) is 10.0 Å². The predicted octanol–water partition coefficient (Wildman–Crippen LogP) is 3.28. The minimum absolute atomic E-state index is 0.116. The highest BCUT2D eigenvalue weighted by Crippen LogP contribution is 2.36. The van der Waals surface area contributed by atoms with Gasteiger partial charge in [0.15, 0.2) is 0 Å². The first-order valence-corrected chi connectivity index (χ1v) is 8.24. The zero-order valence-electron chi connectivity index (χ0n) is 11.3. The number of benzene rings is 1. The molecule has 1 aliphatic rings. The first-order chi connectivity index (χ1) is 10.2. The Balaban J connectivity index is 2.33. The summed E-state index contributed by atoms with van der Waals surface area (Å²) in [5.41, 5.74) is -1.18. The fourth-order valence-electron chi connectivity index (χ4n) is 2.26. The molecule has 22 heavy (non-hydrogen) atoms. The van der Waals surface area contributed by atoms with Gasteiger partial charge in [-0.3, -0.25) is 0 Å². The van der Waals surface area contributed by atoms with E-state index < -0.39 is 31.7 Å². The second kappa shape index (κ2) is 6.07. The van der Waals surface area contributed by atoms with Crippen molar-refractivity contribution in [2.75, 3.05) is 13.1 Å². The van der Waals surface area contributed by atoms with Crippen molar-refractivity contribution in [1.82, 2.24) is 4.31 Å². The Bertz CT molecular complexity index is 705. The summed E-state index contributed by atoms with van der Waals surface area (Å²) >= 11 is 5.49. The van der Waals surface area contributed by atoms with Gasteiger partial charge in [-0.2, -0.15) is 22.7 Å². The summed E-state index contributed by atoms with van der Waals surface area (Å²) in [6, 6.07) is 4.60. The van der Waals surface area contributed by atoms with Crippen LogP contribution in [0.15, 0.2) is 23.1 Å². The Labute approximate surface area is 131 Å². The van der Waals surface area contributed by atoms with Gasteiger partial charge >= 0.3 is 6.18 Å². The van der Waals surface area contributed by atoms with E-state index in [2.05, 4.69) is 6.07 Å². The fraction of sp³-hybridized carbons (Fsp3) is 0.462. The van der Waals surface area contributed by atoms with Gasteiger partial charge in [-0.1, -0.05) is 11.6 Å². The molecule has 1 saturated heterocycles. The van der Waals surface area contributed by atoms with Crippen molar-refractivity contribution in [3.63, 3.8) is 0 Å². The van der Waals surface area contributed by atoms with Crippen molar-refractivity contribution >= 4 is 21.6 Å². The Morgan fingerprint density at radius 1 is 1.27 bits per heavy atom. The topological polar surface area (TPSA) is 61.2 Å². The standard InChI is InChI=1S/C13H12ClF3N2O2S/c14-12-2-1-10(7-11(12)13(15,16)17)22(20,21)19-5-3-9(8-18)4-6-19/h1-2,7,9H,3-6H2. The van der Waals surface area contributed by atoms with Gasteiger partial charge in [-0.15, -0.1) is 0 Å². The van der Waals surface area contributed by atoms with Crippen LogP contribution in [-0.2, 0) is 16.2 Å². The summed E-state index contributed by atoms with van der Waals surface area (Å²) < 4.78 is 64.4. The molecule has 1 aliphatic heterocycles. The average Bonchev–Trinajstić information content (AvgIpc) is 2.46. The van der Waals surface area contributed by atoms with Gasteiger partial charge in [-0.25, -0.2) is 8.42 Å².